The number of alkyl halides is 1. The normalized spacial score (nSPS) is 15.4. The van der Waals surface area contributed by atoms with E-state index >= 15 is 0 Å². The van der Waals surface area contributed by atoms with Gasteiger partial charge in [-0.15, -0.1) is 0 Å². The van der Waals surface area contributed by atoms with E-state index in [-0.39, 0.29) is 101 Å². The lowest BCUT2D eigenvalue weighted by Crippen LogP contribution is -2.28. The summed E-state index contributed by atoms with van der Waals surface area (Å²) in [5, 5.41) is 22.5. The van der Waals surface area contributed by atoms with Gasteiger partial charge in [-0.25, -0.2) is 13.2 Å². The molecule has 8 N–H and O–H groups in total. The van der Waals surface area contributed by atoms with E-state index in [1.807, 2.05) is 41.5 Å². The lowest BCUT2D eigenvalue weighted by Gasteiger charge is -2.21. The second-order valence-corrected chi connectivity index (χ2v) is 28.4. The zero-order valence-corrected chi connectivity index (χ0v) is 61.1. The van der Waals surface area contributed by atoms with E-state index in [0.29, 0.717) is 60.2 Å². The number of hydrogen-bond donors (Lipinski definition) is 7. The van der Waals surface area contributed by atoms with Crippen LogP contribution in [0, 0.1) is 23.4 Å². The van der Waals surface area contributed by atoms with Crippen LogP contribution in [0.1, 0.15) is 204 Å². The molecule has 29 heteroatoms. The van der Waals surface area contributed by atoms with Crippen molar-refractivity contribution in [3.05, 3.63) is 175 Å². The number of fused-ring (bicyclic) bond motifs is 4. The molecule has 2 aromatic carbocycles. The summed E-state index contributed by atoms with van der Waals surface area (Å²) in [6.07, 6.45) is 19.7. The van der Waals surface area contributed by atoms with Crippen molar-refractivity contribution in [2.45, 2.75) is 226 Å². The van der Waals surface area contributed by atoms with Gasteiger partial charge >= 0.3 is 23.9 Å². The third-order valence-corrected chi connectivity index (χ3v) is 18.0. The number of nitrogens with zero attached hydrogens (tertiary/aromatic N) is 4. The van der Waals surface area contributed by atoms with Gasteiger partial charge in [0.05, 0.1) is 24.4 Å². The van der Waals surface area contributed by atoms with Gasteiger partial charge in [0.25, 0.3) is 28.1 Å². The summed E-state index contributed by atoms with van der Waals surface area (Å²) in [7, 11) is 0. The molecule has 5 aromatic heterocycles. The van der Waals surface area contributed by atoms with Crippen LogP contribution in [-0.4, -0.2) is 114 Å². The number of carbonyl (C=O) groups excluding carboxylic acids is 6. The fourth-order valence-corrected chi connectivity index (χ4v) is 13.2. The molecule has 1 saturated carbocycles. The number of pyridine rings is 1. The highest BCUT2D eigenvalue weighted by Gasteiger charge is 2.31. The van der Waals surface area contributed by atoms with Gasteiger partial charge in [0.1, 0.15) is 58.8 Å². The van der Waals surface area contributed by atoms with Crippen LogP contribution in [0.2, 0.25) is 0 Å². The number of carbonyl (C=O) groups is 7. The fraction of sp³-hybridized carbons (Fsp3) is 0.514. The lowest BCUT2D eigenvalue weighted by atomic mass is 9.86. The van der Waals surface area contributed by atoms with E-state index in [4.69, 9.17) is 25.1 Å². The molecule has 0 saturated heterocycles. The zero-order chi connectivity index (χ0) is 75.3. The number of Topliss-reactive ketones (excluding diaryl/α,β-unsaturated/α-hetero) is 2. The maximum Gasteiger partial charge on any atom is 0.328 e. The Morgan fingerprint density at radius 2 is 1.13 bits per heavy atom. The molecule has 5 heterocycles. The van der Waals surface area contributed by atoms with E-state index in [0.717, 1.165) is 148 Å². The Morgan fingerprint density at radius 1 is 0.621 bits per heavy atom. The molecular formula is C74H94BrF3N10O15. The zero-order valence-electron chi connectivity index (χ0n) is 59.5. The quantitative estimate of drug-likeness (QED) is 0.0205. The molecule has 0 radical (unpaired) electrons. The maximum absolute atomic E-state index is 14.2. The van der Waals surface area contributed by atoms with Gasteiger partial charge in [0, 0.05) is 81.6 Å². The van der Waals surface area contributed by atoms with E-state index in [9.17, 15) is 65.9 Å². The second kappa shape index (κ2) is 37.7. The summed E-state index contributed by atoms with van der Waals surface area (Å²) in [5.74, 6) is -6.25. The van der Waals surface area contributed by atoms with E-state index < -0.39 is 46.8 Å². The molecule has 1 amide bonds. The third-order valence-electron chi connectivity index (χ3n) is 17.5. The summed E-state index contributed by atoms with van der Waals surface area (Å²) in [4.78, 5) is 131. The Morgan fingerprint density at radius 3 is 1.62 bits per heavy atom. The number of carboxylic acid groups (broad SMARTS) is 1. The Hall–Kier alpha value is -9.41. The van der Waals surface area contributed by atoms with Crippen molar-refractivity contribution in [3.63, 3.8) is 0 Å². The maximum atomic E-state index is 14.2. The van der Waals surface area contributed by atoms with E-state index in [2.05, 4.69) is 46.4 Å². The van der Waals surface area contributed by atoms with E-state index in [1.54, 1.807) is 28.4 Å². The highest BCUT2D eigenvalue weighted by Crippen LogP contribution is 2.34. The number of aliphatic carboxylic acids is 1. The highest BCUT2D eigenvalue weighted by molar-refractivity contribution is 9.09. The van der Waals surface area contributed by atoms with Crippen LogP contribution in [0.4, 0.5) is 13.2 Å². The first kappa shape index (κ1) is 80.9. The Bertz CT molecular complexity index is 4370. The number of rotatable bonds is 16. The van der Waals surface area contributed by atoms with Gasteiger partial charge in [-0.2, -0.15) is 0 Å². The average Bonchev–Trinajstić information content (AvgIpc) is 1.40. The molecule has 1 unspecified atom stereocenters. The number of ether oxygens (including phenoxy) is 3. The Labute approximate surface area is 601 Å². The summed E-state index contributed by atoms with van der Waals surface area (Å²) < 4.78 is 62.0. The number of esters is 3. The Balaban J connectivity index is 0.000000194. The predicted molar refractivity (Wildman–Crippen MR) is 380 cm³/mol. The summed E-state index contributed by atoms with van der Waals surface area (Å²) in [5.41, 5.74) is 12.7. The SMILES string of the molecule is CC(C)(C)OC(=O)CBr.CC(C)(C)OC(=O)Cn1[nH]c(=O)c2c1CCCC2.CCOC(=O)C1CCCCC1=O.NC(=O)c1cc(-c2cccnc2[C@@H](CC(=O)Cn2[nH]c(=O)c3c2CCCC3)Cc2cc(F)cc(F)c2)ccc1F.O=C(O)Cn1[nH]c(=O)c2c1CCCC2.O=c1[nH][nH]c2c1CCCC2. The number of amides is 1. The molecule has 0 spiro atoms. The number of nitrogens with one attached hydrogen (secondary N) is 5. The molecule has 12 rings (SSSR count). The van der Waals surface area contributed by atoms with Crippen molar-refractivity contribution >= 4 is 57.3 Å². The summed E-state index contributed by atoms with van der Waals surface area (Å²) >= 11 is 2.99. The van der Waals surface area contributed by atoms with Crippen LogP contribution in [0.5, 0.6) is 0 Å². The standard InChI is InChI=1S/C30H27F3N4O3.C13H20N2O3.C9H12N2O3.C9H14O3.C7H10N2O.C6H11BrO2/c31-20-11-17(12-21(32)15-20)10-19(13-22(38)16-37-27-6-2-1-4-24(27)30(40)36-37)28-23(5-3-9-35-28)18-7-8-26(33)25(14-18)29(34)39;1-13(2,3)18-11(16)8-15-10-7-5-4-6-9(10)12(17)14-15;12-8(13)5-11-7-4-2-1-3-6(7)9(14)10-11;1-2-12-9(11)7-5-3-4-6-8(7)10;10-7-5-3-1-2-4-6(5)8-9-7;1-6(2,3)9-5(8)4-7/h3,5,7-9,11-12,14-15,19H,1-2,4,6,10,13,16H2,(H2,34,39)(H,36,40);4-8H2,1-3H3,(H,14,17);1-5H2,(H,10,14)(H,12,13);7H,2-6H2,1H3;1-4H2,(H2,8,9,10);4H2,1-3H3/t19-;;;;;/m1...../s1. The molecule has 5 aliphatic rings. The van der Waals surface area contributed by atoms with Gasteiger partial charge < -0.3 is 30.1 Å². The molecule has 7 aromatic rings. The molecule has 5 aliphatic carbocycles. The number of aromatic nitrogens is 9. The van der Waals surface area contributed by atoms with Crippen molar-refractivity contribution in [3.8, 4) is 11.1 Å². The molecule has 25 nitrogen and oxygen atoms in total. The van der Waals surface area contributed by atoms with Crippen LogP contribution in [0.15, 0.2) is 73.9 Å². The lowest BCUT2D eigenvalue weighted by molar-refractivity contribution is -0.156. The van der Waals surface area contributed by atoms with Crippen molar-refractivity contribution in [1.29, 1.82) is 0 Å². The number of hydrogen-bond acceptors (Lipinski definition) is 15. The molecule has 1 fully saturated rings. The minimum Gasteiger partial charge on any atom is -0.480 e. The number of aryl methyl sites for hydroxylation is 1. The highest BCUT2D eigenvalue weighted by atomic mass is 79.9. The average molecular weight is 1500 g/mol. The van der Waals surface area contributed by atoms with Crippen LogP contribution < -0.4 is 28.0 Å². The van der Waals surface area contributed by atoms with Crippen molar-refractivity contribution < 1.29 is 66.1 Å². The van der Waals surface area contributed by atoms with Gasteiger partial charge in [-0.05, 0) is 212 Å². The van der Waals surface area contributed by atoms with Crippen LogP contribution >= 0.6 is 15.9 Å². The number of aromatic amines is 5. The number of carboxylic acids is 1. The molecule has 0 aliphatic heterocycles. The number of primary amides is 1. The number of benzene rings is 2. The molecule has 558 valence electrons. The summed E-state index contributed by atoms with van der Waals surface area (Å²) in [6, 6.07) is 10.5. The first-order valence-electron chi connectivity index (χ1n) is 34.9. The molecule has 0 bridgehead atoms. The topological polar surface area (TPSA) is 368 Å². The van der Waals surface area contributed by atoms with Gasteiger partial charge in [-0.1, -0.05) is 34.5 Å². The predicted octanol–water partition coefficient (Wildman–Crippen LogP) is 9.77. The third kappa shape index (κ3) is 24.1. The second-order valence-electron chi connectivity index (χ2n) is 27.9. The van der Waals surface area contributed by atoms with Crippen molar-refractivity contribution in [1.82, 2.24) is 44.5 Å². The molecule has 103 heavy (non-hydrogen) atoms. The summed E-state index contributed by atoms with van der Waals surface area (Å²) in [6.45, 7) is 13.0. The fourth-order valence-electron chi connectivity index (χ4n) is 13.1. The van der Waals surface area contributed by atoms with Gasteiger partial charge in [0.2, 0.25) is 0 Å². The van der Waals surface area contributed by atoms with E-state index in [1.165, 1.54) is 41.6 Å². The minimum atomic E-state index is -0.934. The van der Waals surface area contributed by atoms with Crippen LogP contribution in [-0.2, 0) is 120 Å². The molecular weight excluding hydrogens is 1410 g/mol. The number of halogens is 4. The first-order chi connectivity index (χ1) is 48.8. The first-order valence-corrected chi connectivity index (χ1v) is 36.1. The smallest absolute Gasteiger partial charge is 0.328 e. The minimum absolute atomic E-state index is 0.0546. The number of H-pyrrole nitrogens is 5. The Kier molecular flexibility index (Phi) is 29.6. The monoisotopic (exact) mass is 1500 g/mol. The number of nitrogens with two attached hydrogens (primary N) is 1. The number of ketones is 2. The van der Waals surface area contributed by atoms with Crippen LogP contribution in [0.25, 0.3) is 11.1 Å². The van der Waals surface area contributed by atoms with Crippen molar-refractivity contribution in [2.24, 2.45) is 11.7 Å². The van der Waals surface area contributed by atoms with Crippen molar-refractivity contribution in [2.75, 3.05) is 11.9 Å². The largest absolute Gasteiger partial charge is 0.480 e. The van der Waals surface area contributed by atoms with Crippen LogP contribution in [0.3, 0.4) is 0 Å². The molecule has 2 atom stereocenters. The van der Waals surface area contributed by atoms with Gasteiger partial charge in [-0.3, -0.25) is 92.2 Å². The van der Waals surface area contributed by atoms with Gasteiger partial charge in [0.15, 0.2) is 5.78 Å².